The van der Waals surface area contributed by atoms with Gasteiger partial charge in [0, 0.05) is 12.1 Å². The van der Waals surface area contributed by atoms with E-state index >= 15 is 0 Å². The van der Waals surface area contributed by atoms with Crippen LogP contribution in [0.2, 0.25) is 0 Å². The van der Waals surface area contributed by atoms with Gasteiger partial charge in [0.25, 0.3) is 5.91 Å². The number of hydrogen-bond acceptors (Lipinski definition) is 8. The van der Waals surface area contributed by atoms with Crippen molar-refractivity contribution in [3.63, 3.8) is 0 Å². The maximum absolute atomic E-state index is 13.1. The first-order chi connectivity index (χ1) is 18.5. The summed E-state index contributed by atoms with van der Waals surface area (Å²) in [5.41, 5.74) is 3.02. The number of carbonyl (C=O) groups is 2. The zero-order chi connectivity index (χ0) is 27.1. The van der Waals surface area contributed by atoms with Crippen LogP contribution in [0.5, 0.6) is 11.5 Å². The SMILES string of the molecule is CCN1C(=O)C(=Cc2ccc(OCc3ccccc3C#N)c(OC)c2)SC1=Nc1cccc(C(=O)OC)c1. The molecule has 3 aromatic carbocycles. The third-order valence-electron chi connectivity index (χ3n) is 5.70. The van der Waals surface area contributed by atoms with Crippen molar-refractivity contribution < 1.29 is 23.8 Å². The third kappa shape index (κ3) is 5.88. The van der Waals surface area contributed by atoms with Crippen LogP contribution >= 0.6 is 11.8 Å². The molecule has 192 valence electrons. The first-order valence-electron chi connectivity index (χ1n) is 11.7. The van der Waals surface area contributed by atoms with E-state index in [-0.39, 0.29) is 12.5 Å². The number of amidine groups is 1. The predicted octanol–water partition coefficient (Wildman–Crippen LogP) is 5.56. The lowest BCUT2D eigenvalue weighted by molar-refractivity contribution is -0.122. The fourth-order valence-electron chi connectivity index (χ4n) is 3.76. The second kappa shape index (κ2) is 12.1. The number of likely N-dealkylation sites (N-methyl/N-ethyl adjacent to an activating group) is 1. The molecule has 1 heterocycles. The molecule has 8 nitrogen and oxygen atoms in total. The van der Waals surface area contributed by atoms with Crippen molar-refractivity contribution in [1.82, 2.24) is 4.90 Å². The lowest BCUT2D eigenvalue weighted by atomic mass is 10.1. The van der Waals surface area contributed by atoms with Crippen molar-refractivity contribution in [3.05, 3.63) is 93.9 Å². The first kappa shape index (κ1) is 26.5. The Morgan fingerprint density at radius 2 is 1.89 bits per heavy atom. The van der Waals surface area contributed by atoms with Gasteiger partial charge < -0.3 is 14.2 Å². The van der Waals surface area contributed by atoms with E-state index in [0.717, 1.165) is 11.1 Å². The number of methoxy groups -OCH3 is 2. The number of ether oxygens (including phenoxy) is 3. The number of nitrogens with zero attached hydrogens (tertiary/aromatic N) is 3. The zero-order valence-electron chi connectivity index (χ0n) is 21.1. The zero-order valence-corrected chi connectivity index (χ0v) is 22.0. The number of nitriles is 1. The second-order valence-corrected chi connectivity index (χ2v) is 9.07. The molecule has 1 amide bonds. The molecule has 0 saturated carbocycles. The van der Waals surface area contributed by atoms with Crippen LogP contribution in [0.3, 0.4) is 0 Å². The number of esters is 1. The smallest absolute Gasteiger partial charge is 0.337 e. The molecule has 1 saturated heterocycles. The third-order valence-corrected chi connectivity index (χ3v) is 6.71. The van der Waals surface area contributed by atoms with Crippen LogP contribution in [0.1, 0.15) is 34.0 Å². The number of thioether (sulfide) groups is 1. The molecular formula is C29H25N3O5S. The maximum Gasteiger partial charge on any atom is 0.337 e. The van der Waals surface area contributed by atoms with E-state index in [1.165, 1.54) is 18.9 Å². The quantitative estimate of drug-likeness (QED) is 0.279. The number of rotatable bonds is 8. The number of carbonyl (C=O) groups excluding carboxylic acids is 2. The van der Waals surface area contributed by atoms with Crippen molar-refractivity contribution in [2.75, 3.05) is 20.8 Å². The van der Waals surface area contributed by atoms with Crippen LogP contribution in [0.25, 0.3) is 6.08 Å². The number of benzene rings is 3. The van der Waals surface area contributed by atoms with Crippen LogP contribution in [0.4, 0.5) is 5.69 Å². The van der Waals surface area contributed by atoms with E-state index in [0.29, 0.717) is 44.9 Å². The molecule has 0 unspecified atom stereocenters. The highest BCUT2D eigenvalue weighted by molar-refractivity contribution is 8.18. The Balaban J connectivity index is 1.56. The van der Waals surface area contributed by atoms with E-state index in [4.69, 9.17) is 14.2 Å². The molecule has 0 radical (unpaired) electrons. The van der Waals surface area contributed by atoms with Gasteiger partial charge in [0.15, 0.2) is 16.7 Å². The van der Waals surface area contributed by atoms with Gasteiger partial charge in [-0.05, 0) is 66.7 Å². The largest absolute Gasteiger partial charge is 0.493 e. The molecule has 0 spiro atoms. The van der Waals surface area contributed by atoms with Crippen LogP contribution in [-0.4, -0.2) is 42.7 Å². The van der Waals surface area contributed by atoms with Crippen molar-refractivity contribution in [2.24, 2.45) is 4.99 Å². The molecule has 4 rings (SSSR count). The second-order valence-electron chi connectivity index (χ2n) is 8.06. The van der Waals surface area contributed by atoms with Gasteiger partial charge in [0.05, 0.1) is 42.0 Å². The molecule has 0 N–H and O–H groups in total. The topological polar surface area (TPSA) is 101 Å². The van der Waals surface area contributed by atoms with Gasteiger partial charge in [-0.25, -0.2) is 9.79 Å². The highest BCUT2D eigenvalue weighted by Crippen LogP contribution is 2.36. The van der Waals surface area contributed by atoms with E-state index in [1.807, 2.05) is 31.2 Å². The average molecular weight is 528 g/mol. The summed E-state index contributed by atoms with van der Waals surface area (Å²) in [6.07, 6.45) is 1.78. The van der Waals surface area contributed by atoms with Gasteiger partial charge in [0.2, 0.25) is 0 Å². The minimum absolute atomic E-state index is 0.159. The number of hydrogen-bond donors (Lipinski definition) is 0. The average Bonchev–Trinajstić information content (AvgIpc) is 3.24. The van der Waals surface area contributed by atoms with Crippen molar-refractivity contribution in [3.8, 4) is 17.6 Å². The van der Waals surface area contributed by atoms with E-state index in [2.05, 4.69) is 11.1 Å². The standard InChI is InChI=1S/C29H25N3O5S/c1-4-32-27(33)26(38-29(32)31-23-11-7-10-20(16-23)28(34)36-3)15-19-12-13-24(25(14-19)35-2)37-18-22-9-6-5-8-21(22)17-30/h5-16H,4,18H2,1-3H3. The number of aliphatic imine (C=N–C) groups is 1. The predicted molar refractivity (Wildman–Crippen MR) is 146 cm³/mol. The molecule has 1 aliphatic heterocycles. The van der Waals surface area contributed by atoms with Crippen LogP contribution in [0.15, 0.2) is 76.6 Å². The molecule has 38 heavy (non-hydrogen) atoms. The Morgan fingerprint density at radius 1 is 1.08 bits per heavy atom. The molecule has 9 heteroatoms. The fraction of sp³-hybridized carbons (Fsp3) is 0.172. The Hall–Kier alpha value is -4.55. The Kier molecular flexibility index (Phi) is 8.46. The minimum Gasteiger partial charge on any atom is -0.493 e. The molecule has 0 aliphatic carbocycles. The minimum atomic E-state index is -0.453. The van der Waals surface area contributed by atoms with Crippen LogP contribution < -0.4 is 9.47 Å². The molecular weight excluding hydrogens is 502 g/mol. The molecule has 0 bridgehead atoms. The van der Waals surface area contributed by atoms with Gasteiger partial charge in [-0.3, -0.25) is 9.69 Å². The Labute approximate surface area is 225 Å². The van der Waals surface area contributed by atoms with E-state index < -0.39 is 5.97 Å². The lowest BCUT2D eigenvalue weighted by Crippen LogP contribution is -2.28. The molecule has 3 aromatic rings. The van der Waals surface area contributed by atoms with E-state index in [1.54, 1.807) is 60.6 Å². The Bertz CT molecular complexity index is 1480. The summed E-state index contributed by atoms with van der Waals surface area (Å²) in [5.74, 6) is 0.416. The summed E-state index contributed by atoms with van der Waals surface area (Å²) in [7, 11) is 2.87. The summed E-state index contributed by atoms with van der Waals surface area (Å²) in [5, 5.41) is 9.82. The fourth-order valence-corrected chi connectivity index (χ4v) is 4.82. The van der Waals surface area contributed by atoms with Crippen molar-refractivity contribution >= 4 is 40.6 Å². The normalized spacial score (nSPS) is 15.0. The molecule has 0 atom stereocenters. The first-order valence-corrected chi connectivity index (χ1v) is 12.6. The molecule has 1 fully saturated rings. The Morgan fingerprint density at radius 3 is 2.63 bits per heavy atom. The lowest BCUT2D eigenvalue weighted by Gasteiger charge is -2.12. The summed E-state index contributed by atoms with van der Waals surface area (Å²) in [4.78, 5) is 31.7. The summed E-state index contributed by atoms with van der Waals surface area (Å²) in [6, 6.07) is 21.6. The molecule has 0 aromatic heterocycles. The van der Waals surface area contributed by atoms with Gasteiger partial charge >= 0.3 is 5.97 Å². The highest BCUT2D eigenvalue weighted by atomic mass is 32.2. The van der Waals surface area contributed by atoms with E-state index in [9.17, 15) is 14.9 Å². The van der Waals surface area contributed by atoms with Crippen molar-refractivity contribution in [2.45, 2.75) is 13.5 Å². The van der Waals surface area contributed by atoms with Gasteiger partial charge in [-0.1, -0.05) is 30.3 Å². The summed E-state index contributed by atoms with van der Waals surface area (Å²) >= 11 is 1.26. The number of amides is 1. The summed E-state index contributed by atoms with van der Waals surface area (Å²) in [6.45, 7) is 2.54. The van der Waals surface area contributed by atoms with Crippen molar-refractivity contribution in [1.29, 1.82) is 5.26 Å². The van der Waals surface area contributed by atoms with Gasteiger partial charge in [0.1, 0.15) is 6.61 Å². The monoisotopic (exact) mass is 527 g/mol. The van der Waals surface area contributed by atoms with Crippen LogP contribution in [0, 0.1) is 11.3 Å². The summed E-state index contributed by atoms with van der Waals surface area (Å²) < 4.78 is 16.2. The van der Waals surface area contributed by atoms with Gasteiger partial charge in [-0.15, -0.1) is 0 Å². The molecule has 1 aliphatic rings. The van der Waals surface area contributed by atoms with Crippen LogP contribution in [-0.2, 0) is 16.1 Å². The maximum atomic E-state index is 13.1. The highest BCUT2D eigenvalue weighted by Gasteiger charge is 2.32. The van der Waals surface area contributed by atoms with Gasteiger partial charge in [-0.2, -0.15) is 5.26 Å².